The first-order valence-corrected chi connectivity index (χ1v) is 13.4. The summed E-state index contributed by atoms with van der Waals surface area (Å²) in [5.74, 6) is -0.542. The summed E-state index contributed by atoms with van der Waals surface area (Å²) < 4.78 is 32.1. The molecular formula is C24H31N3O4S2. The van der Waals surface area contributed by atoms with Crippen LogP contribution < -0.4 is 9.64 Å². The second-order valence-corrected chi connectivity index (χ2v) is 10.8. The van der Waals surface area contributed by atoms with Crippen LogP contribution in [0.2, 0.25) is 0 Å². The van der Waals surface area contributed by atoms with Crippen LogP contribution in [0.1, 0.15) is 25.0 Å². The molecule has 2 aromatic carbocycles. The van der Waals surface area contributed by atoms with Gasteiger partial charge in [-0.3, -0.25) is 9.69 Å². The Balaban J connectivity index is 1.94. The Kier molecular flexibility index (Phi) is 8.10. The average molecular weight is 490 g/mol. The first-order chi connectivity index (χ1) is 15.7. The Labute approximate surface area is 199 Å². The predicted molar refractivity (Wildman–Crippen MR) is 134 cm³/mol. The number of hydrogen-bond acceptors (Lipinski definition) is 7. The van der Waals surface area contributed by atoms with Gasteiger partial charge in [0, 0.05) is 13.1 Å². The van der Waals surface area contributed by atoms with Gasteiger partial charge < -0.3 is 9.64 Å². The molecule has 7 nitrogen and oxygen atoms in total. The summed E-state index contributed by atoms with van der Waals surface area (Å²) >= 11 is 1.43. The molecule has 0 spiro atoms. The van der Waals surface area contributed by atoms with Crippen molar-refractivity contribution in [2.24, 2.45) is 0 Å². The molecule has 0 radical (unpaired) electrons. The maximum Gasteiger partial charge on any atom is 0.244 e. The van der Waals surface area contributed by atoms with E-state index in [1.54, 1.807) is 12.1 Å². The van der Waals surface area contributed by atoms with E-state index in [2.05, 4.69) is 18.7 Å². The van der Waals surface area contributed by atoms with Crippen molar-refractivity contribution in [2.75, 3.05) is 43.9 Å². The van der Waals surface area contributed by atoms with Gasteiger partial charge in [-0.1, -0.05) is 37.3 Å². The van der Waals surface area contributed by atoms with E-state index >= 15 is 0 Å². The summed E-state index contributed by atoms with van der Waals surface area (Å²) in [5.41, 5.74) is 2.97. The van der Waals surface area contributed by atoms with Gasteiger partial charge in [0.15, 0.2) is 15.0 Å². The van der Waals surface area contributed by atoms with E-state index in [0.29, 0.717) is 24.0 Å². The number of hydrogen-bond donors (Lipinski definition) is 0. The zero-order valence-electron chi connectivity index (χ0n) is 19.8. The van der Waals surface area contributed by atoms with Gasteiger partial charge >= 0.3 is 0 Å². The Morgan fingerprint density at radius 3 is 2.21 bits per heavy atom. The lowest BCUT2D eigenvalue weighted by atomic mass is 10.1. The highest BCUT2D eigenvalue weighted by Crippen LogP contribution is 2.33. The minimum atomic E-state index is -3.82. The predicted octanol–water partition coefficient (Wildman–Crippen LogP) is 4.07. The van der Waals surface area contributed by atoms with Crippen LogP contribution in [0, 0.1) is 13.8 Å². The van der Waals surface area contributed by atoms with Crippen LogP contribution in [0.3, 0.4) is 0 Å². The van der Waals surface area contributed by atoms with E-state index in [0.717, 1.165) is 34.4 Å². The number of amides is 1. The molecule has 3 rings (SSSR count). The minimum absolute atomic E-state index is 0.0938. The smallest absolute Gasteiger partial charge is 0.244 e. The zero-order valence-corrected chi connectivity index (χ0v) is 21.4. The molecule has 0 bridgehead atoms. The molecule has 1 aromatic heterocycles. The van der Waals surface area contributed by atoms with Gasteiger partial charge in [-0.05, 0) is 62.3 Å². The van der Waals surface area contributed by atoms with Crippen LogP contribution in [0.15, 0.2) is 41.3 Å². The van der Waals surface area contributed by atoms with E-state index in [1.807, 2.05) is 26.0 Å². The molecule has 1 heterocycles. The van der Waals surface area contributed by atoms with Crippen LogP contribution in [-0.2, 0) is 14.6 Å². The van der Waals surface area contributed by atoms with Gasteiger partial charge in [-0.25, -0.2) is 13.4 Å². The second-order valence-electron chi connectivity index (χ2n) is 7.88. The van der Waals surface area contributed by atoms with Crippen molar-refractivity contribution in [3.05, 3.63) is 47.5 Å². The molecule has 1 amide bonds. The third kappa shape index (κ3) is 5.72. The summed E-state index contributed by atoms with van der Waals surface area (Å²) in [6.07, 6.45) is 0. The Hall–Kier alpha value is -2.49. The molecule has 0 aliphatic rings. The first-order valence-electron chi connectivity index (χ1n) is 11.0. The van der Waals surface area contributed by atoms with Gasteiger partial charge in [-0.15, -0.1) is 0 Å². The molecule has 0 saturated carbocycles. The number of nitrogens with zero attached hydrogens (tertiary/aromatic N) is 3. The molecule has 178 valence electrons. The second kappa shape index (κ2) is 10.6. The number of rotatable bonds is 10. The molecule has 3 aromatic rings. The molecule has 0 fully saturated rings. The van der Waals surface area contributed by atoms with Crippen molar-refractivity contribution in [1.29, 1.82) is 0 Å². The van der Waals surface area contributed by atoms with Crippen molar-refractivity contribution >= 4 is 42.4 Å². The van der Waals surface area contributed by atoms with Gasteiger partial charge in [0.25, 0.3) is 0 Å². The number of anilines is 1. The zero-order chi connectivity index (χ0) is 24.2. The highest BCUT2D eigenvalue weighted by atomic mass is 32.2. The van der Waals surface area contributed by atoms with E-state index < -0.39 is 21.5 Å². The summed E-state index contributed by atoms with van der Waals surface area (Å²) in [6.45, 7) is 10.8. The lowest BCUT2D eigenvalue weighted by Gasteiger charge is -2.24. The van der Waals surface area contributed by atoms with Crippen molar-refractivity contribution in [2.45, 2.75) is 32.6 Å². The number of likely N-dealkylation sites (N-methyl/N-ethyl adjacent to an activating group) is 1. The topological polar surface area (TPSA) is 79.8 Å². The number of ether oxygens (including phenoxy) is 1. The number of aromatic nitrogens is 1. The van der Waals surface area contributed by atoms with Crippen molar-refractivity contribution < 1.29 is 17.9 Å². The highest BCUT2D eigenvalue weighted by Gasteiger charge is 2.27. The maximum absolute atomic E-state index is 13.4. The van der Waals surface area contributed by atoms with Crippen LogP contribution in [0.5, 0.6) is 5.75 Å². The fraction of sp³-hybridized carbons (Fsp3) is 0.417. The third-order valence-electron chi connectivity index (χ3n) is 5.73. The van der Waals surface area contributed by atoms with Crippen molar-refractivity contribution in [1.82, 2.24) is 9.88 Å². The highest BCUT2D eigenvalue weighted by molar-refractivity contribution is 7.92. The number of carbonyl (C=O) groups excluding carboxylic acids is 1. The van der Waals surface area contributed by atoms with E-state index in [4.69, 9.17) is 9.72 Å². The molecular weight excluding hydrogens is 458 g/mol. The number of sulfone groups is 1. The quantitative estimate of drug-likeness (QED) is 0.427. The molecule has 0 aliphatic heterocycles. The average Bonchev–Trinajstić information content (AvgIpc) is 3.25. The minimum Gasteiger partial charge on any atom is -0.497 e. The molecule has 0 saturated heterocycles. The summed E-state index contributed by atoms with van der Waals surface area (Å²) in [7, 11) is -2.30. The normalized spacial score (nSPS) is 11.8. The van der Waals surface area contributed by atoms with E-state index in [1.165, 1.54) is 35.5 Å². The number of methoxy groups -OCH3 is 1. The Morgan fingerprint density at radius 2 is 1.64 bits per heavy atom. The summed E-state index contributed by atoms with van der Waals surface area (Å²) in [5, 5.41) is 0.532. The molecule has 0 atom stereocenters. The van der Waals surface area contributed by atoms with Gasteiger partial charge in [-0.2, -0.15) is 0 Å². The fourth-order valence-electron chi connectivity index (χ4n) is 3.58. The lowest BCUT2D eigenvalue weighted by Crippen LogP contribution is -2.41. The monoisotopic (exact) mass is 489 g/mol. The Morgan fingerprint density at radius 1 is 1.00 bits per heavy atom. The molecule has 33 heavy (non-hydrogen) atoms. The van der Waals surface area contributed by atoms with E-state index in [-0.39, 0.29) is 4.90 Å². The number of benzene rings is 2. The Bertz CT molecular complexity index is 1180. The fourth-order valence-corrected chi connectivity index (χ4v) is 5.93. The SMILES string of the molecule is CCN(CC)CCN(C(=O)CS(=O)(=O)c1ccc(OC)cc1)c1nc2c(C)ccc(C)c2s1. The number of fused-ring (bicyclic) bond motifs is 1. The summed E-state index contributed by atoms with van der Waals surface area (Å²) in [4.78, 5) is 21.9. The number of aryl methyl sites for hydroxylation is 2. The maximum atomic E-state index is 13.4. The first kappa shape index (κ1) is 25.1. The standard InChI is InChI=1S/C24H31N3O4S2/c1-6-26(7-2)14-15-27(24-25-22-17(3)8-9-18(4)23(22)32-24)21(28)16-33(29,30)20-12-10-19(31-5)11-13-20/h8-13H,6-7,14-16H2,1-5H3. The van der Waals surface area contributed by atoms with Gasteiger partial charge in [0.1, 0.15) is 11.5 Å². The van der Waals surface area contributed by atoms with Crippen LogP contribution in [0.4, 0.5) is 5.13 Å². The third-order valence-corrected chi connectivity index (χ3v) is 8.56. The van der Waals surface area contributed by atoms with Gasteiger partial charge in [0.2, 0.25) is 5.91 Å². The van der Waals surface area contributed by atoms with Crippen molar-refractivity contribution in [3.63, 3.8) is 0 Å². The molecule has 9 heteroatoms. The molecule has 0 aliphatic carbocycles. The van der Waals surface area contributed by atoms with Crippen LogP contribution in [0.25, 0.3) is 10.2 Å². The van der Waals surface area contributed by atoms with Crippen LogP contribution in [-0.4, -0.2) is 63.3 Å². The van der Waals surface area contributed by atoms with Crippen molar-refractivity contribution in [3.8, 4) is 5.75 Å². The molecule has 0 N–H and O–H groups in total. The lowest BCUT2D eigenvalue weighted by molar-refractivity contribution is -0.116. The van der Waals surface area contributed by atoms with Crippen LogP contribution >= 0.6 is 11.3 Å². The van der Waals surface area contributed by atoms with E-state index in [9.17, 15) is 13.2 Å². The summed E-state index contributed by atoms with van der Waals surface area (Å²) in [6, 6.07) is 10.1. The largest absolute Gasteiger partial charge is 0.497 e. The van der Waals surface area contributed by atoms with Gasteiger partial charge in [0.05, 0.1) is 22.2 Å². The number of carbonyl (C=O) groups is 1. The number of thiazole rings is 1. The molecule has 0 unspecified atom stereocenters.